The Labute approximate surface area is 112 Å². The highest BCUT2D eigenvalue weighted by atomic mass is 79.9. The molecule has 0 aromatic carbocycles. The molecule has 1 fully saturated rings. The highest BCUT2D eigenvalue weighted by Crippen LogP contribution is 2.41. The van der Waals surface area contributed by atoms with Gasteiger partial charge in [0.05, 0.1) is 14.8 Å². The summed E-state index contributed by atoms with van der Waals surface area (Å²) >= 11 is 17.1. The molecule has 1 aromatic rings. The molecule has 0 amide bonds. The van der Waals surface area contributed by atoms with Crippen molar-refractivity contribution in [2.75, 3.05) is 6.61 Å². The molecule has 2 rings (SSSR count). The molecule has 2 heterocycles. The summed E-state index contributed by atoms with van der Waals surface area (Å²) < 4.78 is 7.11. The fraction of sp³-hybridized carbons (Fsp3) is 0.600. The van der Waals surface area contributed by atoms with Gasteiger partial charge in [0.15, 0.2) is 0 Å². The first kappa shape index (κ1) is 12.2. The van der Waals surface area contributed by atoms with E-state index in [1.807, 2.05) is 6.07 Å². The van der Waals surface area contributed by atoms with Gasteiger partial charge in [0, 0.05) is 11.4 Å². The van der Waals surface area contributed by atoms with Crippen molar-refractivity contribution in [3.63, 3.8) is 0 Å². The summed E-state index contributed by atoms with van der Waals surface area (Å²) in [7, 11) is 0. The van der Waals surface area contributed by atoms with E-state index < -0.39 is 0 Å². The third-order valence-electron chi connectivity index (χ3n) is 2.51. The Morgan fingerprint density at radius 2 is 2.40 bits per heavy atom. The Kier molecular flexibility index (Phi) is 4.36. The van der Waals surface area contributed by atoms with Crippen molar-refractivity contribution in [1.82, 2.24) is 0 Å². The summed E-state index contributed by atoms with van der Waals surface area (Å²) in [6, 6.07) is 1.93. The van der Waals surface area contributed by atoms with Crippen LogP contribution >= 0.6 is 50.5 Å². The quantitative estimate of drug-likeness (QED) is 0.704. The minimum atomic E-state index is 0.247. The van der Waals surface area contributed by atoms with Crippen LogP contribution in [0.4, 0.5) is 0 Å². The van der Waals surface area contributed by atoms with Crippen molar-refractivity contribution in [2.24, 2.45) is 0 Å². The maximum atomic E-state index is 6.09. The Balaban J connectivity index is 2.00. The van der Waals surface area contributed by atoms with Gasteiger partial charge in [-0.3, -0.25) is 0 Å². The smallest absolute Gasteiger partial charge is 0.0987 e. The van der Waals surface area contributed by atoms with Crippen molar-refractivity contribution in [2.45, 2.75) is 30.2 Å². The Morgan fingerprint density at radius 3 is 2.93 bits per heavy atom. The number of hydrogen-bond donors (Lipinski definition) is 0. The molecule has 0 bridgehead atoms. The lowest BCUT2D eigenvalue weighted by atomic mass is 10.1. The molecule has 15 heavy (non-hydrogen) atoms. The molecule has 1 aliphatic rings. The van der Waals surface area contributed by atoms with Gasteiger partial charge in [-0.05, 0) is 30.9 Å². The molecule has 1 saturated heterocycles. The molecule has 0 radical (unpaired) electrons. The van der Waals surface area contributed by atoms with Gasteiger partial charge >= 0.3 is 0 Å². The van der Waals surface area contributed by atoms with Gasteiger partial charge in [0.25, 0.3) is 0 Å². The van der Waals surface area contributed by atoms with E-state index in [-0.39, 0.29) is 4.83 Å². The molecular weight excluding hydrogens is 319 g/mol. The first-order valence-electron chi connectivity index (χ1n) is 4.87. The van der Waals surface area contributed by atoms with Crippen LogP contribution in [0.1, 0.15) is 29.7 Å². The highest BCUT2D eigenvalue weighted by molar-refractivity contribution is 9.09. The lowest BCUT2D eigenvalue weighted by molar-refractivity contribution is 0.104. The number of alkyl halides is 1. The van der Waals surface area contributed by atoms with Crippen LogP contribution in [0.3, 0.4) is 0 Å². The van der Waals surface area contributed by atoms with E-state index in [4.69, 9.17) is 27.9 Å². The maximum Gasteiger partial charge on any atom is 0.0987 e. The van der Waals surface area contributed by atoms with Crippen molar-refractivity contribution in [3.8, 4) is 0 Å². The average molecular weight is 330 g/mol. The van der Waals surface area contributed by atoms with Crippen molar-refractivity contribution < 1.29 is 4.74 Å². The van der Waals surface area contributed by atoms with Gasteiger partial charge in [-0.15, -0.1) is 11.3 Å². The molecular formula is C10H11BrCl2OS. The van der Waals surface area contributed by atoms with Crippen molar-refractivity contribution in [3.05, 3.63) is 20.3 Å². The van der Waals surface area contributed by atoms with Crippen LogP contribution in [0.5, 0.6) is 0 Å². The van der Waals surface area contributed by atoms with E-state index in [9.17, 15) is 0 Å². The first-order chi connectivity index (χ1) is 7.16. The second-order valence-corrected chi connectivity index (χ2v) is 7.01. The molecule has 0 N–H and O–H groups in total. The van der Waals surface area contributed by atoms with Gasteiger partial charge in [0.2, 0.25) is 0 Å². The summed E-state index contributed by atoms with van der Waals surface area (Å²) in [5.41, 5.74) is 1.09. The number of rotatable bonds is 3. The fourth-order valence-electron chi connectivity index (χ4n) is 1.75. The van der Waals surface area contributed by atoms with Gasteiger partial charge in [-0.2, -0.15) is 0 Å². The van der Waals surface area contributed by atoms with Crippen LogP contribution in [0, 0.1) is 0 Å². The van der Waals surface area contributed by atoms with E-state index in [0.29, 0.717) is 6.10 Å². The molecule has 0 spiro atoms. The second kappa shape index (κ2) is 5.37. The minimum absolute atomic E-state index is 0.247. The zero-order chi connectivity index (χ0) is 10.8. The average Bonchev–Trinajstić information content (AvgIpc) is 2.75. The standard InChI is InChI=1S/C10H11BrCl2OS/c11-8(4-6-2-1-3-14-6)7-5-9(12)15-10(7)13/h5-6,8H,1-4H2. The predicted molar refractivity (Wildman–Crippen MR) is 69.6 cm³/mol. The molecule has 2 atom stereocenters. The van der Waals surface area contributed by atoms with Gasteiger partial charge in [-0.1, -0.05) is 39.1 Å². The monoisotopic (exact) mass is 328 g/mol. The lowest BCUT2D eigenvalue weighted by Gasteiger charge is -2.14. The van der Waals surface area contributed by atoms with Crippen LogP contribution in [0.15, 0.2) is 6.07 Å². The topological polar surface area (TPSA) is 9.23 Å². The molecule has 1 aliphatic heterocycles. The fourth-order valence-corrected chi connectivity index (χ4v) is 4.40. The zero-order valence-corrected chi connectivity index (χ0v) is 11.9. The van der Waals surface area contributed by atoms with Crippen molar-refractivity contribution >= 4 is 50.5 Å². The van der Waals surface area contributed by atoms with Crippen LogP contribution < -0.4 is 0 Å². The van der Waals surface area contributed by atoms with E-state index in [1.54, 1.807) is 0 Å². The predicted octanol–water partition coefficient (Wildman–Crippen LogP) is 5.06. The Morgan fingerprint density at radius 1 is 1.60 bits per heavy atom. The van der Waals surface area contributed by atoms with E-state index in [2.05, 4.69) is 15.9 Å². The van der Waals surface area contributed by atoms with E-state index in [1.165, 1.54) is 17.8 Å². The number of ether oxygens (including phenoxy) is 1. The summed E-state index contributed by atoms with van der Waals surface area (Å²) in [6.07, 6.45) is 3.65. The lowest BCUT2D eigenvalue weighted by Crippen LogP contribution is -2.07. The Hall–Kier alpha value is 0.720. The van der Waals surface area contributed by atoms with E-state index >= 15 is 0 Å². The molecule has 1 aromatic heterocycles. The zero-order valence-electron chi connectivity index (χ0n) is 8.01. The van der Waals surface area contributed by atoms with Gasteiger partial charge in [0.1, 0.15) is 0 Å². The van der Waals surface area contributed by atoms with Crippen LogP contribution in [0.25, 0.3) is 0 Å². The number of thiophene rings is 1. The summed E-state index contributed by atoms with van der Waals surface area (Å²) in [4.78, 5) is 0.247. The first-order valence-corrected chi connectivity index (χ1v) is 7.36. The molecule has 1 nitrogen and oxygen atoms in total. The highest BCUT2D eigenvalue weighted by Gasteiger charge is 2.22. The van der Waals surface area contributed by atoms with Crippen LogP contribution in [-0.4, -0.2) is 12.7 Å². The molecule has 84 valence electrons. The summed E-state index contributed by atoms with van der Waals surface area (Å²) in [5, 5.41) is 0. The molecule has 0 saturated carbocycles. The second-order valence-electron chi connectivity index (χ2n) is 3.62. The van der Waals surface area contributed by atoms with E-state index in [0.717, 1.165) is 33.7 Å². The normalized spacial score (nSPS) is 23.3. The molecule has 0 aliphatic carbocycles. The molecule has 2 unspecified atom stereocenters. The third-order valence-corrected chi connectivity index (χ3v) is 4.90. The molecule has 5 heteroatoms. The third kappa shape index (κ3) is 3.10. The maximum absolute atomic E-state index is 6.09. The number of hydrogen-bond acceptors (Lipinski definition) is 2. The largest absolute Gasteiger partial charge is 0.378 e. The van der Waals surface area contributed by atoms with Crippen LogP contribution in [-0.2, 0) is 4.74 Å². The van der Waals surface area contributed by atoms with Crippen molar-refractivity contribution in [1.29, 1.82) is 0 Å². The minimum Gasteiger partial charge on any atom is -0.378 e. The van der Waals surface area contributed by atoms with Gasteiger partial charge < -0.3 is 4.74 Å². The SMILES string of the molecule is Clc1cc(C(Br)CC2CCCO2)c(Cl)s1. The summed E-state index contributed by atoms with van der Waals surface area (Å²) in [6.45, 7) is 0.891. The van der Waals surface area contributed by atoms with Crippen LogP contribution in [0.2, 0.25) is 8.67 Å². The van der Waals surface area contributed by atoms with Gasteiger partial charge in [-0.25, -0.2) is 0 Å². The summed E-state index contributed by atoms with van der Waals surface area (Å²) in [5.74, 6) is 0. The number of halogens is 3. The Bertz CT molecular complexity index is 336.